The van der Waals surface area contributed by atoms with Gasteiger partial charge < -0.3 is 9.84 Å². The molecule has 0 bridgehead atoms. The number of hydrogen-bond acceptors (Lipinski definition) is 2. The Kier molecular flexibility index (Phi) is 3.17. The molecule has 17 heavy (non-hydrogen) atoms. The van der Waals surface area contributed by atoms with E-state index < -0.39 is 35.0 Å². The van der Waals surface area contributed by atoms with Gasteiger partial charge in [-0.1, -0.05) is 0 Å². The molecule has 0 aliphatic carbocycles. The summed E-state index contributed by atoms with van der Waals surface area (Å²) < 4.78 is 78.7. The van der Waals surface area contributed by atoms with Crippen LogP contribution in [0.4, 0.5) is 26.3 Å². The third-order valence-corrected chi connectivity index (χ3v) is 1.95. The summed E-state index contributed by atoms with van der Waals surface area (Å²) in [6, 6.07) is 0.828. The van der Waals surface area contributed by atoms with Crippen molar-refractivity contribution >= 4 is 0 Å². The fraction of sp³-hybridized carbons (Fsp3) is 0.333. The molecular weight excluding hydrogens is 254 g/mol. The van der Waals surface area contributed by atoms with Crippen molar-refractivity contribution in [2.75, 3.05) is 7.11 Å². The van der Waals surface area contributed by atoms with Crippen LogP contribution in [-0.4, -0.2) is 12.2 Å². The van der Waals surface area contributed by atoms with E-state index in [1.165, 1.54) is 0 Å². The highest BCUT2D eigenvalue weighted by molar-refractivity contribution is 5.52. The van der Waals surface area contributed by atoms with Crippen LogP contribution in [0.15, 0.2) is 12.1 Å². The second-order valence-electron chi connectivity index (χ2n) is 3.03. The first-order valence-corrected chi connectivity index (χ1v) is 4.13. The number of hydrogen-bond donors (Lipinski definition) is 1. The standard InChI is InChI=1S/C9H6F6O2/c1-17-5-3-2-4(8(10,11)12)6(7(5)16)9(13,14)15/h2-3,16H,1H3. The number of phenolic OH excluding ortho intramolecular Hbond substituents is 1. The molecule has 0 atom stereocenters. The van der Waals surface area contributed by atoms with Crippen LogP contribution in [0.1, 0.15) is 11.1 Å². The molecule has 1 N–H and O–H groups in total. The van der Waals surface area contributed by atoms with Crippen molar-refractivity contribution in [3.8, 4) is 11.5 Å². The van der Waals surface area contributed by atoms with Crippen LogP contribution in [0.5, 0.6) is 11.5 Å². The molecule has 0 saturated carbocycles. The average Bonchev–Trinajstić information content (AvgIpc) is 2.13. The van der Waals surface area contributed by atoms with Gasteiger partial charge in [-0.2, -0.15) is 26.3 Å². The third-order valence-electron chi connectivity index (χ3n) is 1.95. The Morgan fingerprint density at radius 2 is 1.53 bits per heavy atom. The maximum Gasteiger partial charge on any atom is 0.420 e. The Morgan fingerprint density at radius 3 is 1.88 bits per heavy atom. The Labute approximate surface area is 91.4 Å². The normalized spacial score (nSPS) is 12.6. The van der Waals surface area contributed by atoms with Gasteiger partial charge in [0.1, 0.15) is 5.56 Å². The number of benzene rings is 1. The lowest BCUT2D eigenvalue weighted by atomic mass is 10.0. The number of alkyl halides is 6. The Balaban J connectivity index is 3.59. The fourth-order valence-electron chi connectivity index (χ4n) is 1.26. The SMILES string of the molecule is COc1ccc(C(F)(F)F)c(C(F)(F)F)c1O. The topological polar surface area (TPSA) is 29.5 Å². The van der Waals surface area contributed by atoms with Gasteiger partial charge in [-0.3, -0.25) is 0 Å². The zero-order valence-electron chi connectivity index (χ0n) is 8.28. The summed E-state index contributed by atoms with van der Waals surface area (Å²) in [6.45, 7) is 0. The highest BCUT2D eigenvalue weighted by Gasteiger charge is 2.46. The van der Waals surface area contributed by atoms with Gasteiger partial charge >= 0.3 is 12.4 Å². The van der Waals surface area contributed by atoms with Gasteiger partial charge in [0.2, 0.25) is 0 Å². The van der Waals surface area contributed by atoms with Crippen molar-refractivity contribution in [3.05, 3.63) is 23.3 Å². The second kappa shape index (κ2) is 4.01. The number of ether oxygens (including phenoxy) is 1. The van der Waals surface area contributed by atoms with Crippen LogP contribution in [-0.2, 0) is 12.4 Å². The zero-order chi connectivity index (χ0) is 13.4. The molecule has 0 unspecified atom stereocenters. The molecule has 0 aliphatic rings. The van der Waals surface area contributed by atoms with E-state index in [-0.39, 0.29) is 6.07 Å². The van der Waals surface area contributed by atoms with Gasteiger partial charge in [-0.25, -0.2) is 0 Å². The van der Waals surface area contributed by atoms with Gasteiger partial charge in [-0.05, 0) is 12.1 Å². The Hall–Kier alpha value is -1.60. The first-order chi connectivity index (χ1) is 7.59. The molecule has 0 amide bonds. The molecule has 0 radical (unpaired) electrons. The van der Waals surface area contributed by atoms with Crippen molar-refractivity contribution in [1.82, 2.24) is 0 Å². The van der Waals surface area contributed by atoms with E-state index >= 15 is 0 Å². The molecule has 1 rings (SSSR count). The molecule has 0 spiro atoms. The van der Waals surface area contributed by atoms with E-state index in [0.29, 0.717) is 6.07 Å². The zero-order valence-corrected chi connectivity index (χ0v) is 8.28. The van der Waals surface area contributed by atoms with Crippen molar-refractivity contribution in [2.45, 2.75) is 12.4 Å². The average molecular weight is 260 g/mol. The first-order valence-electron chi connectivity index (χ1n) is 4.13. The molecule has 1 aromatic rings. The molecule has 0 fully saturated rings. The quantitative estimate of drug-likeness (QED) is 0.784. The van der Waals surface area contributed by atoms with Crippen LogP contribution in [0.25, 0.3) is 0 Å². The molecule has 96 valence electrons. The van der Waals surface area contributed by atoms with Crippen LogP contribution < -0.4 is 4.74 Å². The van der Waals surface area contributed by atoms with E-state index in [1.807, 2.05) is 0 Å². The van der Waals surface area contributed by atoms with E-state index in [1.54, 1.807) is 0 Å². The maximum atomic E-state index is 12.4. The molecule has 0 heterocycles. The predicted molar refractivity (Wildman–Crippen MR) is 44.7 cm³/mol. The lowest BCUT2D eigenvalue weighted by molar-refractivity contribution is -0.163. The van der Waals surface area contributed by atoms with Crippen LogP contribution in [0.2, 0.25) is 0 Å². The van der Waals surface area contributed by atoms with Crippen molar-refractivity contribution in [1.29, 1.82) is 0 Å². The van der Waals surface area contributed by atoms with E-state index in [0.717, 1.165) is 7.11 Å². The summed E-state index contributed by atoms with van der Waals surface area (Å²) in [4.78, 5) is 0. The Morgan fingerprint density at radius 1 is 1.00 bits per heavy atom. The number of aromatic hydroxyl groups is 1. The molecule has 8 heteroatoms. The summed E-state index contributed by atoms with van der Waals surface area (Å²) >= 11 is 0. The van der Waals surface area contributed by atoms with Crippen LogP contribution in [0.3, 0.4) is 0 Å². The van der Waals surface area contributed by atoms with Gasteiger partial charge in [0.05, 0.1) is 12.7 Å². The van der Waals surface area contributed by atoms with Crippen molar-refractivity contribution in [3.63, 3.8) is 0 Å². The maximum absolute atomic E-state index is 12.4. The van der Waals surface area contributed by atoms with Crippen molar-refractivity contribution in [2.24, 2.45) is 0 Å². The fourth-order valence-corrected chi connectivity index (χ4v) is 1.26. The number of methoxy groups -OCH3 is 1. The molecule has 0 saturated heterocycles. The minimum absolute atomic E-state index is 0.210. The monoisotopic (exact) mass is 260 g/mol. The lowest BCUT2D eigenvalue weighted by Crippen LogP contribution is -2.16. The number of halogens is 6. The molecule has 1 aromatic carbocycles. The smallest absolute Gasteiger partial charge is 0.420 e. The highest BCUT2D eigenvalue weighted by Crippen LogP contribution is 2.47. The summed E-state index contributed by atoms with van der Waals surface area (Å²) in [5, 5.41) is 9.12. The largest absolute Gasteiger partial charge is 0.504 e. The van der Waals surface area contributed by atoms with E-state index in [4.69, 9.17) is 5.11 Å². The van der Waals surface area contributed by atoms with Gasteiger partial charge in [-0.15, -0.1) is 0 Å². The second-order valence-corrected chi connectivity index (χ2v) is 3.03. The molecule has 0 aliphatic heterocycles. The van der Waals surface area contributed by atoms with Crippen LogP contribution in [0, 0.1) is 0 Å². The Bertz CT molecular complexity index is 421. The number of phenols is 1. The predicted octanol–water partition coefficient (Wildman–Crippen LogP) is 3.44. The van der Waals surface area contributed by atoms with Gasteiger partial charge in [0.25, 0.3) is 0 Å². The highest BCUT2D eigenvalue weighted by atomic mass is 19.4. The first kappa shape index (κ1) is 13.5. The van der Waals surface area contributed by atoms with E-state index in [2.05, 4.69) is 4.74 Å². The third kappa shape index (κ3) is 2.56. The summed E-state index contributed by atoms with van der Waals surface area (Å²) in [5.74, 6) is -2.25. The van der Waals surface area contributed by atoms with Crippen LogP contribution >= 0.6 is 0 Å². The van der Waals surface area contributed by atoms with E-state index in [9.17, 15) is 26.3 Å². The lowest BCUT2D eigenvalue weighted by Gasteiger charge is -2.18. The minimum atomic E-state index is -5.33. The number of rotatable bonds is 1. The summed E-state index contributed by atoms with van der Waals surface area (Å²) in [7, 11) is 0.933. The van der Waals surface area contributed by atoms with Gasteiger partial charge in [0.15, 0.2) is 11.5 Å². The molecule has 2 nitrogen and oxygen atoms in total. The molecular formula is C9H6F6O2. The van der Waals surface area contributed by atoms with Crippen molar-refractivity contribution < 1.29 is 36.2 Å². The summed E-state index contributed by atoms with van der Waals surface area (Å²) in [5.41, 5.74) is -4.10. The molecule has 0 aromatic heterocycles. The minimum Gasteiger partial charge on any atom is -0.504 e. The summed E-state index contributed by atoms with van der Waals surface area (Å²) in [6.07, 6.45) is -10.5. The van der Waals surface area contributed by atoms with Gasteiger partial charge in [0, 0.05) is 0 Å².